The van der Waals surface area contributed by atoms with E-state index in [9.17, 15) is 18.0 Å². The molecule has 114 valence electrons. The molecular weight excluding hydrogens is 284 g/mol. The summed E-state index contributed by atoms with van der Waals surface area (Å²) in [6.45, 7) is 1.39. The third-order valence-electron chi connectivity index (χ3n) is 3.90. The van der Waals surface area contributed by atoms with Gasteiger partial charge < -0.3 is 10.4 Å². The number of amides is 1. The summed E-state index contributed by atoms with van der Waals surface area (Å²) in [7, 11) is -2.98. The molecule has 2 fully saturated rings. The molecule has 0 saturated carbocycles. The number of piperidine rings is 1. The van der Waals surface area contributed by atoms with Crippen LogP contribution in [0.1, 0.15) is 19.3 Å². The lowest BCUT2D eigenvalue weighted by molar-refractivity contribution is -0.143. The van der Waals surface area contributed by atoms with Crippen LogP contribution in [0.25, 0.3) is 0 Å². The van der Waals surface area contributed by atoms with E-state index in [4.69, 9.17) is 5.11 Å². The van der Waals surface area contributed by atoms with Gasteiger partial charge in [-0.3, -0.25) is 14.5 Å². The minimum Gasteiger partial charge on any atom is -0.481 e. The SMILES string of the molecule is O=C(CN1CCC(C(=O)O)CC1)NC1CCS(=O)(=O)C1. The summed E-state index contributed by atoms with van der Waals surface area (Å²) < 4.78 is 22.6. The van der Waals surface area contributed by atoms with Crippen molar-refractivity contribution in [3.8, 4) is 0 Å². The molecule has 2 heterocycles. The molecule has 0 aliphatic carbocycles. The Morgan fingerprint density at radius 1 is 1.20 bits per heavy atom. The van der Waals surface area contributed by atoms with Gasteiger partial charge in [0.15, 0.2) is 9.84 Å². The molecule has 1 atom stereocenters. The highest BCUT2D eigenvalue weighted by Crippen LogP contribution is 2.17. The fraction of sp³-hybridized carbons (Fsp3) is 0.833. The summed E-state index contributed by atoms with van der Waals surface area (Å²) in [5, 5.41) is 11.6. The van der Waals surface area contributed by atoms with E-state index in [0.29, 0.717) is 32.4 Å². The quantitative estimate of drug-likeness (QED) is 0.696. The normalized spacial score (nSPS) is 27.3. The Morgan fingerprint density at radius 2 is 1.85 bits per heavy atom. The Kier molecular flexibility index (Phi) is 4.64. The molecule has 0 radical (unpaired) electrons. The lowest BCUT2D eigenvalue weighted by Crippen LogP contribution is -2.45. The van der Waals surface area contributed by atoms with E-state index < -0.39 is 15.8 Å². The summed E-state index contributed by atoms with van der Waals surface area (Å²) in [5.41, 5.74) is 0. The molecule has 1 amide bonds. The maximum absolute atomic E-state index is 11.8. The first-order chi connectivity index (χ1) is 9.35. The number of hydrogen-bond donors (Lipinski definition) is 2. The van der Waals surface area contributed by atoms with Gasteiger partial charge in [-0.25, -0.2) is 8.42 Å². The zero-order chi connectivity index (χ0) is 14.8. The monoisotopic (exact) mass is 304 g/mol. The van der Waals surface area contributed by atoms with Gasteiger partial charge in [0.1, 0.15) is 0 Å². The van der Waals surface area contributed by atoms with Crippen LogP contribution in [0.4, 0.5) is 0 Å². The van der Waals surface area contributed by atoms with Gasteiger partial charge in [0.25, 0.3) is 0 Å². The lowest BCUT2D eigenvalue weighted by Gasteiger charge is -2.29. The van der Waals surface area contributed by atoms with Gasteiger partial charge in [0.2, 0.25) is 5.91 Å². The van der Waals surface area contributed by atoms with Crippen molar-refractivity contribution < 1.29 is 23.1 Å². The molecule has 0 bridgehead atoms. The Hall–Kier alpha value is -1.15. The molecule has 0 aromatic heterocycles. The van der Waals surface area contributed by atoms with E-state index in [2.05, 4.69) is 5.32 Å². The van der Waals surface area contributed by atoms with Gasteiger partial charge in [-0.15, -0.1) is 0 Å². The van der Waals surface area contributed by atoms with Gasteiger partial charge in [0.05, 0.1) is 24.0 Å². The van der Waals surface area contributed by atoms with Gasteiger partial charge in [0, 0.05) is 6.04 Å². The number of hydrogen-bond acceptors (Lipinski definition) is 5. The molecule has 2 aliphatic rings. The number of aliphatic carboxylic acids is 1. The van der Waals surface area contributed by atoms with Crippen molar-refractivity contribution in [3.05, 3.63) is 0 Å². The van der Waals surface area contributed by atoms with Crippen molar-refractivity contribution >= 4 is 21.7 Å². The maximum Gasteiger partial charge on any atom is 0.306 e. The zero-order valence-corrected chi connectivity index (χ0v) is 12.1. The van der Waals surface area contributed by atoms with E-state index >= 15 is 0 Å². The predicted molar refractivity (Wildman–Crippen MR) is 72.0 cm³/mol. The third kappa shape index (κ3) is 4.17. The van der Waals surface area contributed by atoms with Crippen molar-refractivity contribution in [1.29, 1.82) is 0 Å². The highest BCUT2D eigenvalue weighted by atomic mass is 32.2. The minimum atomic E-state index is -2.98. The van der Waals surface area contributed by atoms with Crippen molar-refractivity contribution in [1.82, 2.24) is 10.2 Å². The summed E-state index contributed by atoms with van der Waals surface area (Å²) in [6, 6.07) is -0.274. The zero-order valence-electron chi connectivity index (χ0n) is 11.2. The lowest BCUT2D eigenvalue weighted by atomic mass is 9.97. The fourth-order valence-electron chi connectivity index (χ4n) is 2.72. The first kappa shape index (κ1) is 15.2. The first-order valence-corrected chi connectivity index (χ1v) is 8.63. The molecule has 0 aromatic carbocycles. The number of carbonyl (C=O) groups is 2. The molecule has 2 aliphatic heterocycles. The van der Waals surface area contributed by atoms with Crippen molar-refractivity contribution in [2.75, 3.05) is 31.1 Å². The van der Waals surface area contributed by atoms with E-state index in [0.717, 1.165) is 0 Å². The fourth-order valence-corrected chi connectivity index (χ4v) is 4.40. The second-order valence-electron chi connectivity index (χ2n) is 5.56. The number of nitrogens with one attached hydrogen (secondary N) is 1. The Labute approximate surface area is 118 Å². The Balaban J connectivity index is 1.72. The standard InChI is InChI=1S/C12H20N2O5S/c15-11(13-10-3-6-20(18,19)8-10)7-14-4-1-9(2-5-14)12(16)17/h9-10H,1-8H2,(H,13,15)(H,16,17). The van der Waals surface area contributed by atoms with E-state index in [1.807, 2.05) is 4.90 Å². The van der Waals surface area contributed by atoms with Gasteiger partial charge in [-0.1, -0.05) is 0 Å². The number of likely N-dealkylation sites (tertiary alicyclic amines) is 1. The summed E-state index contributed by atoms with van der Waals surface area (Å²) in [5.74, 6) is -1.10. The van der Waals surface area contributed by atoms with E-state index in [1.54, 1.807) is 0 Å². The van der Waals surface area contributed by atoms with Crippen LogP contribution >= 0.6 is 0 Å². The predicted octanol–water partition coefficient (Wildman–Crippen LogP) is -0.914. The molecule has 2 N–H and O–H groups in total. The summed E-state index contributed by atoms with van der Waals surface area (Å²) in [4.78, 5) is 24.6. The number of carboxylic acid groups (broad SMARTS) is 1. The second kappa shape index (κ2) is 6.09. The van der Waals surface area contributed by atoms with Gasteiger partial charge in [-0.2, -0.15) is 0 Å². The summed E-state index contributed by atoms with van der Waals surface area (Å²) >= 11 is 0. The Bertz CT molecular complexity index is 482. The van der Waals surface area contributed by atoms with Crippen molar-refractivity contribution in [2.24, 2.45) is 5.92 Å². The van der Waals surface area contributed by atoms with Crippen LogP contribution in [0, 0.1) is 5.92 Å². The molecular formula is C12H20N2O5S. The van der Waals surface area contributed by atoms with Gasteiger partial charge >= 0.3 is 5.97 Å². The number of carbonyl (C=O) groups excluding carboxylic acids is 1. The van der Waals surface area contributed by atoms with E-state index in [1.165, 1.54) is 0 Å². The van der Waals surface area contributed by atoms with Gasteiger partial charge in [-0.05, 0) is 32.4 Å². The average Bonchev–Trinajstić information content (AvgIpc) is 2.69. The molecule has 20 heavy (non-hydrogen) atoms. The number of rotatable bonds is 4. The molecule has 8 heteroatoms. The topological polar surface area (TPSA) is 104 Å². The highest BCUT2D eigenvalue weighted by Gasteiger charge is 2.30. The van der Waals surface area contributed by atoms with Crippen LogP contribution in [0.5, 0.6) is 0 Å². The van der Waals surface area contributed by atoms with Crippen LogP contribution in [0.15, 0.2) is 0 Å². The molecule has 1 unspecified atom stereocenters. The van der Waals surface area contributed by atoms with Crippen molar-refractivity contribution in [2.45, 2.75) is 25.3 Å². The first-order valence-electron chi connectivity index (χ1n) is 6.81. The Morgan fingerprint density at radius 3 is 2.35 bits per heavy atom. The molecule has 0 spiro atoms. The molecule has 2 rings (SSSR count). The van der Waals surface area contributed by atoms with Crippen LogP contribution in [-0.4, -0.2) is 67.5 Å². The number of carboxylic acids is 1. The van der Waals surface area contributed by atoms with Crippen LogP contribution < -0.4 is 5.32 Å². The average molecular weight is 304 g/mol. The van der Waals surface area contributed by atoms with E-state index in [-0.39, 0.29) is 35.9 Å². The molecule has 0 aromatic rings. The number of sulfone groups is 1. The minimum absolute atomic E-state index is 0.0276. The van der Waals surface area contributed by atoms with Crippen LogP contribution in [0.3, 0.4) is 0 Å². The molecule has 2 saturated heterocycles. The van der Waals surface area contributed by atoms with Crippen LogP contribution in [0.2, 0.25) is 0 Å². The van der Waals surface area contributed by atoms with Crippen LogP contribution in [-0.2, 0) is 19.4 Å². The largest absolute Gasteiger partial charge is 0.481 e. The second-order valence-corrected chi connectivity index (χ2v) is 7.78. The third-order valence-corrected chi connectivity index (χ3v) is 5.67. The maximum atomic E-state index is 11.8. The van der Waals surface area contributed by atoms with Crippen molar-refractivity contribution in [3.63, 3.8) is 0 Å². The highest BCUT2D eigenvalue weighted by molar-refractivity contribution is 7.91. The smallest absolute Gasteiger partial charge is 0.306 e. The molecule has 7 nitrogen and oxygen atoms in total. The number of nitrogens with zero attached hydrogens (tertiary/aromatic N) is 1. The summed E-state index contributed by atoms with van der Waals surface area (Å²) in [6.07, 6.45) is 1.59.